The Bertz CT molecular complexity index is 81.7. The quantitative estimate of drug-likeness (QED) is 0.465. The minimum atomic E-state index is 0.261. The summed E-state index contributed by atoms with van der Waals surface area (Å²) in [7, 11) is 0. The number of halogens is 1. The van der Waals surface area contributed by atoms with Gasteiger partial charge in [-0.3, -0.25) is 0 Å². The van der Waals surface area contributed by atoms with Crippen molar-refractivity contribution >= 4 is 22.9 Å². The molecule has 1 heterocycles. The third-order valence-corrected chi connectivity index (χ3v) is 1.60. The van der Waals surface area contributed by atoms with Crippen LogP contribution in [0.4, 0.5) is 0 Å². The number of hydrogen-bond donors (Lipinski definition) is 1. The van der Waals surface area contributed by atoms with Crippen molar-refractivity contribution < 1.29 is 0 Å². The Labute approximate surface area is 56.9 Å². The van der Waals surface area contributed by atoms with Crippen LogP contribution in [0.5, 0.6) is 0 Å². The first kappa shape index (κ1) is 5.37. The first-order valence-corrected chi connectivity index (χ1v) is 3.12. The molecule has 0 aromatic rings. The monoisotopic (exact) mass is 210 g/mol. The average Bonchev–Trinajstić information content (AvgIpc) is 1.87. The van der Waals surface area contributed by atoms with Gasteiger partial charge in [0.15, 0.2) is 0 Å². The van der Waals surface area contributed by atoms with Gasteiger partial charge >= 0.3 is 0 Å². The summed E-state index contributed by atoms with van der Waals surface area (Å²) in [5.74, 6) is 0. The van der Waals surface area contributed by atoms with Crippen molar-refractivity contribution in [1.82, 2.24) is 3.11 Å². The van der Waals surface area contributed by atoms with E-state index in [1.807, 2.05) is 15.4 Å². The van der Waals surface area contributed by atoms with Crippen LogP contribution in [-0.2, 0) is 0 Å². The van der Waals surface area contributed by atoms with Crippen LogP contribution in [0, 0.1) is 0 Å². The molecular weight excluding hydrogens is 203 g/mol. The zero-order valence-corrected chi connectivity index (χ0v) is 6.00. The molecule has 2 N–H and O–H groups in total. The van der Waals surface area contributed by atoms with Gasteiger partial charge in [-0.1, -0.05) is 0 Å². The van der Waals surface area contributed by atoms with E-state index in [2.05, 4.69) is 22.9 Å². The summed E-state index contributed by atoms with van der Waals surface area (Å²) < 4.78 is 2.04. The second-order valence-corrected chi connectivity index (χ2v) is 2.83. The number of hydrogen-bond acceptors (Lipinski definition) is 2. The van der Waals surface area contributed by atoms with Crippen molar-refractivity contribution in [2.75, 3.05) is 6.54 Å². The van der Waals surface area contributed by atoms with Gasteiger partial charge in [0.1, 0.15) is 0 Å². The van der Waals surface area contributed by atoms with Gasteiger partial charge in [-0.15, -0.1) is 0 Å². The highest BCUT2D eigenvalue weighted by Crippen LogP contribution is 2.07. The molecule has 1 rings (SSSR count). The summed E-state index contributed by atoms with van der Waals surface area (Å²) >= 11 is 2.21. The maximum Gasteiger partial charge on any atom is 0.0586 e. The lowest BCUT2D eigenvalue weighted by molar-refractivity contribution is 0.662. The molecule has 40 valence electrons. The van der Waals surface area contributed by atoms with E-state index in [4.69, 9.17) is 5.73 Å². The van der Waals surface area contributed by atoms with E-state index in [1.165, 1.54) is 0 Å². The van der Waals surface area contributed by atoms with E-state index in [-0.39, 0.29) is 6.04 Å². The Morgan fingerprint density at radius 1 is 1.86 bits per heavy atom. The molecule has 1 aliphatic heterocycles. The molecule has 0 fully saturated rings. The van der Waals surface area contributed by atoms with Crippen molar-refractivity contribution in [3.63, 3.8) is 0 Å². The highest BCUT2D eigenvalue weighted by atomic mass is 127. The zero-order chi connectivity index (χ0) is 5.28. The molecule has 0 amide bonds. The minimum absolute atomic E-state index is 0.261. The summed E-state index contributed by atoms with van der Waals surface area (Å²) in [6.07, 6.45) is 3.98. The van der Waals surface area contributed by atoms with Gasteiger partial charge in [-0.25, -0.2) is 0 Å². The van der Waals surface area contributed by atoms with Gasteiger partial charge in [0.25, 0.3) is 0 Å². The SMILES string of the molecule is NC1C=CN(I)C1. The number of nitrogens with zero attached hydrogens (tertiary/aromatic N) is 1. The third kappa shape index (κ3) is 1.31. The normalized spacial score (nSPS) is 29.4. The lowest BCUT2D eigenvalue weighted by Gasteiger charge is -2.03. The average molecular weight is 210 g/mol. The Hall–Kier alpha value is 0.230. The summed E-state index contributed by atoms with van der Waals surface area (Å²) in [6.45, 7) is 0.959. The second-order valence-electron chi connectivity index (χ2n) is 1.59. The van der Waals surface area contributed by atoms with Crippen LogP contribution < -0.4 is 5.73 Å². The predicted molar refractivity (Wildman–Crippen MR) is 37.8 cm³/mol. The Balaban J connectivity index is 2.42. The number of nitrogens with two attached hydrogens (primary N) is 1. The number of rotatable bonds is 0. The maximum absolute atomic E-state index is 5.49. The fraction of sp³-hybridized carbons (Fsp3) is 0.500. The molecule has 0 bridgehead atoms. The molecule has 0 radical (unpaired) electrons. The van der Waals surface area contributed by atoms with E-state index in [1.54, 1.807) is 0 Å². The van der Waals surface area contributed by atoms with Crippen LogP contribution in [0.3, 0.4) is 0 Å². The van der Waals surface area contributed by atoms with Crippen molar-refractivity contribution in [2.24, 2.45) is 5.73 Å². The fourth-order valence-corrected chi connectivity index (χ4v) is 1.17. The van der Waals surface area contributed by atoms with Crippen LogP contribution in [0.15, 0.2) is 12.3 Å². The Morgan fingerprint density at radius 2 is 2.57 bits per heavy atom. The Kier molecular flexibility index (Phi) is 1.53. The molecule has 0 aliphatic carbocycles. The lowest BCUT2D eigenvalue weighted by atomic mass is 10.4. The van der Waals surface area contributed by atoms with Crippen LogP contribution in [0.25, 0.3) is 0 Å². The molecule has 0 saturated heterocycles. The molecule has 0 saturated carbocycles. The zero-order valence-electron chi connectivity index (χ0n) is 3.84. The van der Waals surface area contributed by atoms with Crippen LogP contribution in [0.2, 0.25) is 0 Å². The van der Waals surface area contributed by atoms with Gasteiger partial charge < -0.3 is 8.85 Å². The molecule has 1 atom stereocenters. The molecular formula is C4H7IN2. The maximum atomic E-state index is 5.49. The van der Waals surface area contributed by atoms with Crippen molar-refractivity contribution in [1.29, 1.82) is 0 Å². The summed E-state index contributed by atoms with van der Waals surface area (Å²) in [4.78, 5) is 0. The molecule has 1 unspecified atom stereocenters. The van der Waals surface area contributed by atoms with Gasteiger partial charge in [0.05, 0.1) is 22.9 Å². The van der Waals surface area contributed by atoms with E-state index < -0.39 is 0 Å². The third-order valence-electron chi connectivity index (χ3n) is 0.880. The lowest BCUT2D eigenvalue weighted by Crippen LogP contribution is -2.21. The first-order chi connectivity index (χ1) is 3.29. The molecule has 2 nitrogen and oxygen atoms in total. The molecule has 3 heteroatoms. The van der Waals surface area contributed by atoms with Crippen LogP contribution in [0.1, 0.15) is 0 Å². The van der Waals surface area contributed by atoms with E-state index in [0.717, 1.165) is 6.54 Å². The smallest absolute Gasteiger partial charge is 0.0586 e. The van der Waals surface area contributed by atoms with Gasteiger partial charge in [0.2, 0.25) is 0 Å². The largest absolute Gasteiger partial charge is 0.323 e. The molecule has 7 heavy (non-hydrogen) atoms. The van der Waals surface area contributed by atoms with E-state index in [9.17, 15) is 0 Å². The molecule has 0 aromatic carbocycles. The van der Waals surface area contributed by atoms with Gasteiger partial charge in [0, 0.05) is 18.8 Å². The predicted octanol–water partition coefficient (Wildman–Crippen LogP) is 0.493. The topological polar surface area (TPSA) is 29.3 Å². The second kappa shape index (κ2) is 2.00. The summed E-state index contributed by atoms with van der Waals surface area (Å²) in [5.41, 5.74) is 5.49. The van der Waals surface area contributed by atoms with E-state index in [0.29, 0.717) is 0 Å². The molecule has 1 aliphatic rings. The fourth-order valence-electron chi connectivity index (χ4n) is 0.527. The van der Waals surface area contributed by atoms with Crippen molar-refractivity contribution in [2.45, 2.75) is 6.04 Å². The van der Waals surface area contributed by atoms with Crippen LogP contribution in [-0.4, -0.2) is 15.7 Å². The van der Waals surface area contributed by atoms with Crippen LogP contribution >= 0.6 is 22.9 Å². The van der Waals surface area contributed by atoms with Crippen molar-refractivity contribution in [3.8, 4) is 0 Å². The molecule has 0 spiro atoms. The van der Waals surface area contributed by atoms with E-state index >= 15 is 0 Å². The van der Waals surface area contributed by atoms with Gasteiger partial charge in [-0.05, 0) is 6.08 Å². The summed E-state index contributed by atoms with van der Waals surface area (Å²) in [5, 5.41) is 0. The first-order valence-electron chi connectivity index (χ1n) is 2.15. The Morgan fingerprint density at radius 3 is 2.71 bits per heavy atom. The standard InChI is InChI=1S/C4H7IN2/c5-7-2-1-4(6)3-7/h1-2,4H,3,6H2. The van der Waals surface area contributed by atoms with Crippen molar-refractivity contribution in [3.05, 3.63) is 12.3 Å². The molecule has 0 aromatic heterocycles. The highest BCUT2D eigenvalue weighted by Gasteiger charge is 2.06. The summed E-state index contributed by atoms with van der Waals surface area (Å²) in [6, 6.07) is 0.261. The highest BCUT2D eigenvalue weighted by molar-refractivity contribution is 14.1. The van der Waals surface area contributed by atoms with Gasteiger partial charge in [-0.2, -0.15) is 0 Å². The minimum Gasteiger partial charge on any atom is -0.323 e.